The smallest absolute Gasteiger partial charge is 0.00756 e. The van der Waals surface area contributed by atoms with Gasteiger partial charge in [-0.2, -0.15) is 0 Å². The summed E-state index contributed by atoms with van der Waals surface area (Å²) >= 11 is 0. The van der Waals surface area contributed by atoms with Crippen molar-refractivity contribution in [2.45, 2.75) is 45.7 Å². The van der Waals surface area contributed by atoms with Gasteiger partial charge in [0.2, 0.25) is 0 Å². The zero-order chi connectivity index (χ0) is 7.98. The summed E-state index contributed by atoms with van der Waals surface area (Å²) in [5.74, 6) is 0. The van der Waals surface area contributed by atoms with Crippen LogP contribution in [-0.4, -0.2) is 12.1 Å². The van der Waals surface area contributed by atoms with Crippen LogP contribution in [-0.2, 0) is 0 Å². The largest absolute Gasteiger partial charge is 0.311 e. The topological polar surface area (TPSA) is 12.0 Å². The van der Waals surface area contributed by atoms with E-state index < -0.39 is 0 Å². The van der Waals surface area contributed by atoms with Crippen molar-refractivity contribution in [2.75, 3.05) is 0 Å². The molecule has 0 spiro atoms. The Morgan fingerprint density at radius 1 is 1.40 bits per heavy atom. The Bertz CT molecular complexity index is 88.7. The molecule has 1 nitrogen and oxygen atoms in total. The predicted molar refractivity (Wildman–Crippen MR) is 47.2 cm³/mol. The van der Waals surface area contributed by atoms with Crippen molar-refractivity contribution in [1.82, 2.24) is 5.32 Å². The summed E-state index contributed by atoms with van der Waals surface area (Å²) in [6, 6.07) is 1.21. The Balaban J connectivity index is 3.35. The fraction of sp³-hybridized carbons (Fsp3) is 0.778. The molecular formula is C9H19N. The minimum Gasteiger partial charge on any atom is -0.311 e. The van der Waals surface area contributed by atoms with Crippen LogP contribution in [0.4, 0.5) is 0 Å². The molecule has 10 heavy (non-hydrogen) atoms. The maximum absolute atomic E-state index is 3.69. The summed E-state index contributed by atoms with van der Waals surface area (Å²) in [6.07, 6.45) is 4.21. The van der Waals surface area contributed by atoms with Gasteiger partial charge in [0.1, 0.15) is 0 Å². The van der Waals surface area contributed by atoms with Gasteiger partial charge >= 0.3 is 0 Å². The van der Waals surface area contributed by atoms with Gasteiger partial charge in [-0.05, 0) is 26.7 Å². The van der Waals surface area contributed by atoms with E-state index in [1.807, 2.05) is 6.08 Å². The molecular weight excluding hydrogens is 122 g/mol. The van der Waals surface area contributed by atoms with Crippen LogP contribution < -0.4 is 5.32 Å². The maximum atomic E-state index is 3.69. The summed E-state index contributed by atoms with van der Waals surface area (Å²) in [4.78, 5) is 0. The van der Waals surface area contributed by atoms with Crippen molar-refractivity contribution in [1.29, 1.82) is 0 Å². The van der Waals surface area contributed by atoms with E-state index in [9.17, 15) is 0 Å². The molecule has 2 unspecified atom stereocenters. The molecule has 0 aliphatic heterocycles. The average Bonchev–Trinajstić information content (AvgIpc) is 1.88. The number of hydrogen-bond donors (Lipinski definition) is 1. The van der Waals surface area contributed by atoms with Gasteiger partial charge in [0.15, 0.2) is 0 Å². The molecule has 0 aliphatic carbocycles. The second-order valence-corrected chi connectivity index (χ2v) is 2.90. The van der Waals surface area contributed by atoms with E-state index in [1.54, 1.807) is 0 Å². The Morgan fingerprint density at radius 2 is 2.00 bits per heavy atom. The molecule has 0 aliphatic rings. The third-order valence-electron chi connectivity index (χ3n) is 1.70. The SMILES string of the molecule is C=CCC(C)NC(C)CC. The summed E-state index contributed by atoms with van der Waals surface area (Å²) in [6.45, 7) is 10.3. The molecule has 0 aromatic rings. The van der Waals surface area contributed by atoms with Crippen molar-refractivity contribution in [2.24, 2.45) is 0 Å². The first-order valence-electron chi connectivity index (χ1n) is 4.07. The first-order chi connectivity index (χ1) is 4.70. The molecule has 0 amide bonds. The molecule has 0 saturated heterocycles. The summed E-state index contributed by atoms with van der Waals surface area (Å²) < 4.78 is 0. The number of nitrogens with one attached hydrogen (secondary N) is 1. The van der Waals surface area contributed by atoms with Crippen molar-refractivity contribution >= 4 is 0 Å². The average molecular weight is 141 g/mol. The molecule has 0 bridgehead atoms. The van der Waals surface area contributed by atoms with Gasteiger partial charge in [0.05, 0.1) is 0 Å². The van der Waals surface area contributed by atoms with Crippen LogP contribution >= 0.6 is 0 Å². The van der Waals surface area contributed by atoms with Gasteiger partial charge in [-0.1, -0.05) is 13.0 Å². The molecule has 60 valence electrons. The Hall–Kier alpha value is -0.300. The van der Waals surface area contributed by atoms with E-state index >= 15 is 0 Å². The highest BCUT2D eigenvalue weighted by Crippen LogP contribution is 1.95. The fourth-order valence-electron chi connectivity index (χ4n) is 0.922. The van der Waals surface area contributed by atoms with Gasteiger partial charge in [-0.3, -0.25) is 0 Å². The molecule has 0 aromatic heterocycles. The van der Waals surface area contributed by atoms with Crippen LogP contribution in [0.15, 0.2) is 12.7 Å². The fourth-order valence-corrected chi connectivity index (χ4v) is 0.922. The van der Waals surface area contributed by atoms with Crippen LogP contribution in [0.3, 0.4) is 0 Å². The predicted octanol–water partition coefficient (Wildman–Crippen LogP) is 2.34. The van der Waals surface area contributed by atoms with Crippen molar-refractivity contribution < 1.29 is 0 Å². The van der Waals surface area contributed by atoms with Crippen LogP contribution in [0.5, 0.6) is 0 Å². The van der Waals surface area contributed by atoms with Crippen molar-refractivity contribution in [3.05, 3.63) is 12.7 Å². The van der Waals surface area contributed by atoms with Gasteiger partial charge in [-0.15, -0.1) is 6.58 Å². The second kappa shape index (κ2) is 5.48. The molecule has 0 rings (SSSR count). The molecule has 0 radical (unpaired) electrons. The number of rotatable bonds is 5. The third-order valence-corrected chi connectivity index (χ3v) is 1.70. The lowest BCUT2D eigenvalue weighted by Gasteiger charge is -2.16. The van der Waals surface area contributed by atoms with Gasteiger partial charge in [0.25, 0.3) is 0 Å². The van der Waals surface area contributed by atoms with E-state index in [0.29, 0.717) is 12.1 Å². The summed E-state index contributed by atoms with van der Waals surface area (Å²) in [5.41, 5.74) is 0. The monoisotopic (exact) mass is 141 g/mol. The van der Waals surface area contributed by atoms with Crippen molar-refractivity contribution in [3.63, 3.8) is 0 Å². The molecule has 2 atom stereocenters. The molecule has 0 fully saturated rings. The molecule has 1 heteroatoms. The minimum absolute atomic E-state index is 0.576. The lowest BCUT2D eigenvalue weighted by Crippen LogP contribution is -2.33. The first kappa shape index (κ1) is 9.70. The lowest BCUT2D eigenvalue weighted by molar-refractivity contribution is 0.460. The normalized spacial score (nSPS) is 16.3. The zero-order valence-electron chi connectivity index (χ0n) is 7.35. The van der Waals surface area contributed by atoms with Crippen LogP contribution in [0.2, 0.25) is 0 Å². The highest BCUT2D eigenvalue weighted by atomic mass is 14.9. The van der Waals surface area contributed by atoms with Crippen LogP contribution in [0, 0.1) is 0 Å². The van der Waals surface area contributed by atoms with Crippen LogP contribution in [0.1, 0.15) is 33.6 Å². The quantitative estimate of drug-likeness (QED) is 0.579. The molecule has 0 heterocycles. The van der Waals surface area contributed by atoms with E-state index in [1.165, 1.54) is 6.42 Å². The summed E-state index contributed by atoms with van der Waals surface area (Å²) in [7, 11) is 0. The Kier molecular flexibility index (Phi) is 5.32. The zero-order valence-corrected chi connectivity index (χ0v) is 7.35. The highest BCUT2D eigenvalue weighted by molar-refractivity contribution is 4.76. The van der Waals surface area contributed by atoms with E-state index in [4.69, 9.17) is 0 Å². The van der Waals surface area contributed by atoms with E-state index in [2.05, 4.69) is 32.7 Å². The van der Waals surface area contributed by atoms with E-state index in [-0.39, 0.29) is 0 Å². The van der Waals surface area contributed by atoms with Gasteiger partial charge < -0.3 is 5.32 Å². The Morgan fingerprint density at radius 3 is 2.40 bits per heavy atom. The lowest BCUT2D eigenvalue weighted by atomic mass is 10.2. The third kappa shape index (κ3) is 4.57. The molecule has 0 aromatic carbocycles. The van der Waals surface area contributed by atoms with Crippen LogP contribution in [0.25, 0.3) is 0 Å². The van der Waals surface area contributed by atoms with Gasteiger partial charge in [0, 0.05) is 12.1 Å². The van der Waals surface area contributed by atoms with Gasteiger partial charge in [-0.25, -0.2) is 0 Å². The summed E-state index contributed by atoms with van der Waals surface area (Å²) in [5, 5.41) is 3.46. The van der Waals surface area contributed by atoms with Crippen molar-refractivity contribution in [3.8, 4) is 0 Å². The number of hydrogen-bond acceptors (Lipinski definition) is 1. The first-order valence-corrected chi connectivity index (χ1v) is 4.07. The standard InChI is InChI=1S/C9H19N/c1-5-7-9(4)10-8(3)6-2/h5,8-10H,1,6-7H2,2-4H3. The molecule has 0 saturated carbocycles. The maximum Gasteiger partial charge on any atom is 0.00756 e. The van der Waals surface area contributed by atoms with E-state index in [0.717, 1.165) is 6.42 Å². The highest BCUT2D eigenvalue weighted by Gasteiger charge is 2.01. The minimum atomic E-state index is 0.576. The second-order valence-electron chi connectivity index (χ2n) is 2.90. The Labute approximate surface area is 64.5 Å². The molecule has 1 N–H and O–H groups in total.